The van der Waals surface area contributed by atoms with E-state index in [0.717, 1.165) is 17.9 Å². The second-order valence-corrected chi connectivity index (χ2v) is 4.39. The average molecular weight is 249 g/mol. The van der Waals surface area contributed by atoms with E-state index in [9.17, 15) is 0 Å². The molecule has 92 valence electrons. The van der Waals surface area contributed by atoms with Crippen molar-refractivity contribution in [3.63, 3.8) is 0 Å². The Bertz CT molecular complexity index is 385. The van der Waals surface area contributed by atoms with Crippen LogP contribution in [-0.4, -0.2) is 17.0 Å². The first-order valence-corrected chi connectivity index (χ1v) is 6.22. The number of nitrogens with one attached hydrogen (secondary N) is 2. The average Bonchev–Trinajstić information content (AvgIpc) is 2.28. The lowest BCUT2D eigenvalue weighted by atomic mass is 10.3. The third-order valence-electron chi connectivity index (χ3n) is 2.05. The maximum Gasteiger partial charge on any atom is 0.194 e. The van der Waals surface area contributed by atoms with Crippen molar-refractivity contribution in [1.29, 1.82) is 0 Å². The van der Waals surface area contributed by atoms with Crippen LogP contribution in [0.3, 0.4) is 0 Å². The van der Waals surface area contributed by atoms with Crippen LogP contribution in [0.25, 0.3) is 0 Å². The Morgan fingerprint density at radius 1 is 1.29 bits per heavy atom. The second-order valence-electron chi connectivity index (χ2n) is 4.01. The number of aliphatic imine (C=N–C) groups is 1. The number of benzene rings is 1. The summed E-state index contributed by atoms with van der Waals surface area (Å²) < 4.78 is 0. The van der Waals surface area contributed by atoms with Gasteiger partial charge in [-0.1, -0.05) is 25.1 Å². The molecule has 0 aliphatic rings. The Morgan fingerprint density at radius 3 is 2.47 bits per heavy atom. The molecule has 0 saturated carbocycles. The zero-order valence-corrected chi connectivity index (χ0v) is 11.3. The van der Waals surface area contributed by atoms with E-state index in [0.29, 0.717) is 11.2 Å². The largest absolute Gasteiger partial charge is 0.359 e. The molecule has 2 N–H and O–H groups in total. The van der Waals surface area contributed by atoms with Gasteiger partial charge in [0.15, 0.2) is 5.11 Å². The summed E-state index contributed by atoms with van der Waals surface area (Å²) >= 11 is 5.15. The Kier molecular flexibility index (Phi) is 5.63. The van der Waals surface area contributed by atoms with Crippen LogP contribution in [0.5, 0.6) is 0 Å². The summed E-state index contributed by atoms with van der Waals surface area (Å²) in [6, 6.07) is 10.3. The lowest BCUT2D eigenvalue weighted by molar-refractivity contribution is 0.736. The highest BCUT2D eigenvalue weighted by Crippen LogP contribution is 2.06. The Morgan fingerprint density at radius 2 is 1.94 bits per heavy atom. The van der Waals surface area contributed by atoms with E-state index in [1.807, 2.05) is 51.1 Å². The monoisotopic (exact) mass is 249 g/mol. The molecule has 0 unspecified atom stereocenters. The van der Waals surface area contributed by atoms with Crippen molar-refractivity contribution in [2.24, 2.45) is 4.99 Å². The van der Waals surface area contributed by atoms with E-state index in [2.05, 4.69) is 15.6 Å². The van der Waals surface area contributed by atoms with Crippen molar-refractivity contribution in [3.8, 4) is 0 Å². The Hall–Kier alpha value is -1.42. The van der Waals surface area contributed by atoms with Gasteiger partial charge in [0, 0.05) is 18.2 Å². The molecular formula is C13H19N3S. The molecule has 0 spiro atoms. The van der Waals surface area contributed by atoms with Crippen molar-refractivity contribution in [2.75, 3.05) is 5.32 Å². The molecule has 0 amide bonds. The minimum Gasteiger partial charge on any atom is -0.359 e. The number of hydrogen-bond acceptors (Lipinski definition) is 1. The van der Waals surface area contributed by atoms with Crippen LogP contribution in [-0.2, 0) is 0 Å². The molecule has 1 aromatic carbocycles. The van der Waals surface area contributed by atoms with Crippen molar-refractivity contribution in [2.45, 2.75) is 33.2 Å². The summed E-state index contributed by atoms with van der Waals surface area (Å²) in [5.74, 6) is 0.870. The maximum atomic E-state index is 5.15. The quantitative estimate of drug-likeness (QED) is 0.491. The molecule has 0 atom stereocenters. The number of thiocarbonyl (C=S) groups is 1. The van der Waals surface area contributed by atoms with Crippen molar-refractivity contribution < 1.29 is 0 Å². The van der Waals surface area contributed by atoms with Crippen LogP contribution in [0.4, 0.5) is 5.69 Å². The summed E-state index contributed by atoms with van der Waals surface area (Å²) in [6.07, 6.45) is 0.814. The van der Waals surface area contributed by atoms with Gasteiger partial charge in [0.05, 0.1) is 0 Å². The Balaban J connectivity index is 2.65. The fourth-order valence-electron chi connectivity index (χ4n) is 1.29. The number of nitrogens with zero attached hydrogens (tertiary/aromatic N) is 1. The van der Waals surface area contributed by atoms with Gasteiger partial charge in [-0.15, -0.1) is 0 Å². The molecule has 0 aromatic heterocycles. The van der Waals surface area contributed by atoms with Gasteiger partial charge in [-0.25, -0.2) is 4.99 Å². The zero-order valence-electron chi connectivity index (χ0n) is 10.5. The van der Waals surface area contributed by atoms with Gasteiger partial charge in [0.2, 0.25) is 0 Å². The standard InChI is InChI=1S/C13H19N3S/c1-4-12(16-13(17)14-10(2)3)15-11-8-6-5-7-9-11/h5-10H,4H2,1-3H3,(H2,14,15,16,17). The van der Waals surface area contributed by atoms with E-state index in [-0.39, 0.29) is 0 Å². The first kappa shape index (κ1) is 13.6. The SMILES string of the molecule is CC/C(=N\C(=S)NC(C)C)Nc1ccccc1. The normalized spacial score (nSPS) is 11.4. The van der Waals surface area contributed by atoms with E-state index < -0.39 is 0 Å². The lowest BCUT2D eigenvalue weighted by Crippen LogP contribution is -2.28. The molecule has 1 rings (SSSR count). The molecule has 4 heteroatoms. The third-order valence-corrected chi connectivity index (χ3v) is 2.26. The molecular weight excluding hydrogens is 230 g/mol. The van der Waals surface area contributed by atoms with E-state index in [1.54, 1.807) is 0 Å². The van der Waals surface area contributed by atoms with E-state index in [1.165, 1.54) is 0 Å². The van der Waals surface area contributed by atoms with Crippen LogP contribution in [0, 0.1) is 0 Å². The first-order chi connectivity index (χ1) is 8.11. The number of para-hydroxylation sites is 1. The van der Waals surface area contributed by atoms with Crippen LogP contribution in [0.15, 0.2) is 35.3 Å². The van der Waals surface area contributed by atoms with Gasteiger partial charge >= 0.3 is 0 Å². The molecule has 0 aliphatic carbocycles. The van der Waals surface area contributed by atoms with Gasteiger partial charge in [-0.3, -0.25) is 0 Å². The van der Waals surface area contributed by atoms with Crippen molar-refractivity contribution in [1.82, 2.24) is 5.32 Å². The van der Waals surface area contributed by atoms with Gasteiger partial charge in [0.1, 0.15) is 5.84 Å². The second kappa shape index (κ2) is 7.01. The highest BCUT2D eigenvalue weighted by atomic mass is 32.1. The van der Waals surface area contributed by atoms with Crippen LogP contribution < -0.4 is 10.6 Å². The molecule has 1 aromatic rings. The first-order valence-electron chi connectivity index (χ1n) is 5.82. The number of anilines is 1. The summed E-state index contributed by atoms with van der Waals surface area (Å²) in [4.78, 5) is 4.36. The van der Waals surface area contributed by atoms with Crippen molar-refractivity contribution >= 4 is 28.9 Å². The lowest BCUT2D eigenvalue weighted by Gasteiger charge is -2.11. The van der Waals surface area contributed by atoms with E-state index in [4.69, 9.17) is 12.2 Å². The van der Waals surface area contributed by atoms with Gasteiger partial charge in [0.25, 0.3) is 0 Å². The molecule has 17 heavy (non-hydrogen) atoms. The van der Waals surface area contributed by atoms with Crippen LogP contribution in [0.2, 0.25) is 0 Å². The fraction of sp³-hybridized carbons (Fsp3) is 0.385. The summed E-state index contributed by atoms with van der Waals surface area (Å²) in [5.41, 5.74) is 1.03. The molecule has 0 heterocycles. The molecule has 0 fully saturated rings. The predicted molar refractivity (Wildman–Crippen MR) is 78.7 cm³/mol. The maximum absolute atomic E-state index is 5.15. The summed E-state index contributed by atoms with van der Waals surface area (Å²) in [5, 5.41) is 6.88. The Labute approximate surface area is 108 Å². The highest BCUT2D eigenvalue weighted by molar-refractivity contribution is 7.80. The van der Waals surface area contributed by atoms with E-state index >= 15 is 0 Å². The zero-order chi connectivity index (χ0) is 12.7. The molecule has 0 radical (unpaired) electrons. The minimum absolute atomic E-state index is 0.307. The third kappa shape index (κ3) is 5.45. The number of rotatable bonds is 3. The molecule has 0 aliphatic heterocycles. The highest BCUT2D eigenvalue weighted by Gasteiger charge is 2.00. The van der Waals surface area contributed by atoms with Gasteiger partial charge < -0.3 is 10.6 Å². The molecule has 0 saturated heterocycles. The van der Waals surface area contributed by atoms with Crippen molar-refractivity contribution in [3.05, 3.63) is 30.3 Å². The predicted octanol–water partition coefficient (Wildman–Crippen LogP) is 3.19. The topological polar surface area (TPSA) is 36.4 Å². The smallest absolute Gasteiger partial charge is 0.194 e. The number of hydrogen-bond donors (Lipinski definition) is 2. The molecule has 0 bridgehead atoms. The minimum atomic E-state index is 0.307. The van der Waals surface area contributed by atoms with Crippen LogP contribution >= 0.6 is 12.2 Å². The fourth-order valence-corrected chi connectivity index (χ4v) is 1.63. The van der Waals surface area contributed by atoms with Crippen LogP contribution in [0.1, 0.15) is 27.2 Å². The molecule has 3 nitrogen and oxygen atoms in total. The summed E-state index contributed by atoms with van der Waals surface area (Å²) in [7, 11) is 0. The summed E-state index contributed by atoms with van der Waals surface area (Å²) in [6.45, 7) is 6.13. The number of amidine groups is 1. The van der Waals surface area contributed by atoms with Gasteiger partial charge in [-0.05, 0) is 38.2 Å². The van der Waals surface area contributed by atoms with Gasteiger partial charge in [-0.2, -0.15) is 0 Å².